The first-order chi connectivity index (χ1) is 15.1. The van der Waals surface area contributed by atoms with E-state index in [-0.39, 0.29) is 25.4 Å². The minimum atomic E-state index is -1.35. The molecule has 7 heteroatoms. The van der Waals surface area contributed by atoms with Crippen LogP contribution in [-0.2, 0) is 0 Å². The lowest BCUT2D eigenvalue weighted by molar-refractivity contribution is -0.0821. The first kappa shape index (κ1) is 31.7. The number of unbranched alkanes of at least 4 members (excludes halogenated alkanes) is 6. The van der Waals surface area contributed by atoms with Gasteiger partial charge in [0.15, 0.2) is 0 Å². The number of aliphatic hydroxyl groups is 7. The average Bonchev–Trinajstić information content (AvgIpc) is 2.71. The summed E-state index contributed by atoms with van der Waals surface area (Å²) in [6.07, 6.45) is 4.83. The lowest BCUT2D eigenvalue weighted by atomic mass is 9.90. The van der Waals surface area contributed by atoms with E-state index >= 15 is 0 Å². The Morgan fingerprint density at radius 2 is 0.969 bits per heavy atom. The van der Waals surface area contributed by atoms with E-state index in [4.69, 9.17) is 5.11 Å². The summed E-state index contributed by atoms with van der Waals surface area (Å²) in [5, 5.41) is 68.6. The molecule has 0 heterocycles. The van der Waals surface area contributed by atoms with Crippen LogP contribution in [0, 0.1) is 11.8 Å². The summed E-state index contributed by atoms with van der Waals surface area (Å²) < 4.78 is 0. The Morgan fingerprint density at radius 3 is 1.50 bits per heavy atom. The molecule has 0 saturated heterocycles. The van der Waals surface area contributed by atoms with E-state index in [2.05, 4.69) is 6.92 Å². The van der Waals surface area contributed by atoms with Gasteiger partial charge in [-0.3, -0.25) is 0 Å². The zero-order chi connectivity index (χ0) is 24.5. The molecule has 0 aromatic carbocycles. The van der Waals surface area contributed by atoms with Gasteiger partial charge in [0.25, 0.3) is 0 Å². The standard InChI is InChI=1S/C25H52O7/c1-18(13-14-26)11-9-7-5-4-6-8-10-12-21(28)17-24(31)25(32)23(30)16-19(2)15-22(29)20(3)27/h18-32H,4-17H2,1-3H3. The minimum absolute atomic E-state index is 0.0227. The second-order valence-electron chi connectivity index (χ2n) is 10.1. The zero-order valence-electron chi connectivity index (χ0n) is 20.6. The van der Waals surface area contributed by atoms with Gasteiger partial charge in [-0.1, -0.05) is 65.2 Å². The molecule has 7 N–H and O–H groups in total. The lowest BCUT2D eigenvalue weighted by Gasteiger charge is -2.27. The van der Waals surface area contributed by atoms with Crippen molar-refractivity contribution in [1.29, 1.82) is 0 Å². The van der Waals surface area contributed by atoms with Crippen LogP contribution >= 0.6 is 0 Å². The van der Waals surface area contributed by atoms with Gasteiger partial charge in [0.1, 0.15) is 6.10 Å². The van der Waals surface area contributed by atoms with Gasteiger partial charge in [0.2, 0.25) is 0 Å². The van der Waals surface area contributed by atoms with Crippen molar-refractivity contribution >= 4 is 0 Å². The van der Waals surface area contributed by atoms with Crippen molar-refractivity contribution in [3.05, 3.63) is 0 Å². The van der Waals surface area contributed by atoms with E-state index < -0.39 is 36.6 Å². The van der Waals surface area contributed by atoms with Crippen molar-refractivity contribution in [1.82, 2.24) is 0 Å². The molecule has 0 bridgehead atoms. The molecule has 8 atom stereocenters. The highest BCUT2D eigenvalue weighted by Gasteiger charge is 2.28. The van der Waals surface area contributed by atoms with Gasteiger partial charge in [0, 0.05) is 13.0 Å². The molecule has 0 amide bonds. The molecular weight excluding hydrogens is 412 g/mol. The fourth-order valence-corrected chi connectivity index (χ4v) is 4.17. The predicted molar refractivity (Wildman–Crippen MR) is 127 cm³/mol. The fourth-order valence-electron chi connectivity index (χ4n) is 4.17. The molecule has 0 aliphatic carbocycles. The third-order valence-corrected chi connectivity index (χ3v) is 6.50. The Balaban J connectivity index is 3.86. The van der Waals surface area contributed by atoms with Crippen LogP contribution in [0.5, 0.6) is 0 Å². The highest BCUT2D eigenvalue weighted by Crippen LogP contribution is 2.20. The number of hydrogen-bond donors (Lipinski definition) is 7. The van der Waals surface area contributed by atoms with Crippen molar-refractivity contribution < 1.29 is 35.7 Å². The van der Waals surface area contributed by atoms with E-state index in [0.29, 0.717) is 18.8 Å². The largest absolute Gasteiger partial charge is 0.396 e. The second kappa shape index (κ2) is 19.1. The van der Waals surface area contributed by atoms with Crippen LogP contribution in [0.15, 0.2) is 0 Å². The van der Waals surface area contributed by atoms with Crippen LogP contribution in [-0.4, -0.2) is 79.0 Å². The topological polar surface area (TPSA) is 142 Å². The van der Waals surface area contributed by atoms with E-state index in [1.165, 1.54) is 39.0 Å². The summed E-state index contributed by atoms with van der Waals surface area (Å²) in [7, 11) is 0. The van der Waals surface area contributed by atoms with E-state index in [1.54, 1.807) is 6.92 Å². The second-order valence-corrected chi connectivity index (χ2v) is 10.1. The first-order valence-corrected chi connectivity index (χ1v) is 12.8. The molecule has 32 heavy (non-hydrogen) atoms. The van der Waals surface area contributed by atoms with Gasteiger partial charge in [-0.15, -0.1) is 0 Å². The predicted octanol–water partition coefficient (Wildman–Crippen LogP) is 2.51. The number of rotatable bonds is 21. The monoisotopic (exact) mass is 464 g/mol. The molecule has 0 fully saturated rings. The van der Waals surface area contributed by atoms with E-state index in [0.717, 1.165) is 25.7 Å². The maximum atomic E-state index is 10.2. The smallest absolute Gasteiger partial charge is 0.106 e. The van der Waals surface area contributed by atoms with Gasteiger partial charge >= 0.3 is 0 Å². The molecule has 0 aliphatic heterocycles. The van der Waals surface area contributed by atoms with Gasteiger partial charge in [-0.2, -0.15) is 0 Å². The maximum absolute atomic E-state index is 10.2. The quantitative estimate of drug-likeness (QED) is 0.129. The number of aliphatic hydroxyl groups excluding tert-OH is 7. The Morgan fingerprint density at radius 1 is 0.500 bits per heavy atom. The van der Waals surface area contributed by atoms with E-state index in [9.17, 15) is 30.6 Å². The van der Waals surface area contributed by atoms with Crippen LogP contribution in [0.4, 0.5) is 0 Å². The highest BCUT2D eigenvalue weighted by molar-refractivity contribution is 4.80. The molecule has 194 valence electrons. The molecule has 0 saturated carbocycles. The molecule has 8 unspecified atom stereocenters. The fraction of sp³-hybridized carbons (Fsp3) is 1.00. The van der Waals surface area contributed by atoms with E-state index in [1.807, 2.05) is 0 Å². The Labute approximate surface area is 195 Å². The summed E-state index contributed by atoms with van der Waals surface area (Å²) in [5.74, 6) is 0.466. The third kappa shape index (κ3) is 16.4. The SMILES string of the molecule is CC(CCO)CCCCCCCCCC(O)CC(O)C(O)C(O)CC(C)CC(O)C(C)O. The molecule has 0 spiro atoms. The van der Waals surface area contributed by atoms with Crippen LogP contribution in [0.2, 0.25) is 0 Å². The molecule has 0 aromatic heterocycles. The summed E-state index contributed by atoms with van der Waals surface area (Å²) in [5.41, 5.74) is 0. The molecular formula is C25H52O7. The van der Waals surface area contributed by atoms with Gasteiger partial charge in [0.05, 0.1) is 30.5 Å². The highest BCUT2D eigenvalue weighted by atomic mass is 16.4. The van der Waals surface area contributed by atoms with Gasteiger partial charge in [-0.05, 0) is 44.4 Å². The van der Waals surface area contributed by atoms with Crippen LogP contribution < -0.4 is 0 Å². The minimum Gasteiger partial charge on any atom is -0.396 e. The van der Waals surface area contributed by atoms with Crippen molar-refractivity contribution in [3.8, 4) is 0 Å². The molecule has 0 radical (unpaired) electrons. The first-order valence-electron chi connectivity index (χ1n) is 12.8. The Kier molecular flexibility index (Phi) is 18.9. The Hall–Kier alpha value is -0.280. The zero-order valence-corrected chi connectivity index (χ0v) is 20.6. The molecule has 0 rings (SSSR count). The summed E-state index contributed by atoms with van der Waals surface area (Å²) in [4.78, 5) is 0. The lowest BCUT2D eigenvalue weighted by Crippen LogP contribution is -2.40. The van der Waals surface area contributed by atoms with Gasteiger partial charge in [-0.25, -0.2) is 0 Å². The van der Waals surface area contributed by atoms with Crippen LogP contribution in [0.25, 0.3) is 0 Å². The third-order valence-electron chi connectivity index (χ3n) is 6.50. The maximum Gasteiger partial charge on any atom is 0.106 e. The van der Waals surface area contributed by atoms with Crippen molar-refractivity contribution in [2.75, 3.05) is 6.61 Å². The molecule has 0 aromatic rings. The number of hydrogen-bond acceptors (Lipinski definition) is 7. The van der Waals surface area contributed by atoms with Crippen LogP contribution in [0.3, 0.4) is 0 Å². The van der Waals surface area contributed by atoms with Crippen molar-refractivity contribution in [2.45, 2.75) is 141 Å². The molecule has 7 nitrogen and oxygen atoms in total. The normalized spacial score (nSPS) is 19.7. The summed E-state index contributed by atoms with van der Waals surface area (Å²) in [6, 6.07) is 0. The average molecular weight is 465 g/mol. The van der Waals surface area contributed by atoms with Crippen LogP contribution in [0.1, 0.15) is 104 Å². The van der Waals surface area contributed by atoms with Gasteiger partial charge < -0.3 is 35.7 Å². The summed E-state index contributed by atoms with van der Waals surface area (Å²) in [6.45, 7) is 5.76. The van der Waals surface area contributed by atoms with Crippen molar-refractivity contribution in [2.24, 2.45) is 11.8 Å². The molecule has 0 aliphatic rings. The Bertz CT molecular complexity index is 421. The summed E-state index contributed by atoms with van der Waals surface area (Å²) >= 11 is 0. The van der Waals surface area contributed by atoms with Crippen molar-refractivity contribution in [3.63, 3.8) is 0 Å².